The summed E-state index contributed by atoms with van der Waals surface area (Å²) in [6.07, 6.45) is 6.78. The van der Waals surface area contributed by atoms with E-state index in [0.29, 0.717) is 0 Å². The number of carbonyl (C=O) groups excluding carboxylic acids is 1. The van der Waals surface area contributed by atoms with Crippen LogP contribution in [0.15, 0.2) is 12.2 Å². The fraction of sp³-hybridized carbons (Fsp3) is 0.600. The SMILES string of the molecule is CC(NC(=O)NC1CC=CCC1)C(=O)O. The first-order chi connectivity index (χ1) is 7.09. The molecule has 1 aliphatic rings. The van der Waals surface area contributed by atoms with Crippen molar-refractivity contribution in [2.75, 3.05) is 0 Å². The predicted octanol–water partition coefficient (Wildman–Crippen LogP) is 0.867. The Balaban J connectivity index is 2.29. The number of carboxylic acids is 1. The number of aliphatic carboxylic acids is 1. The average molecular weight is 212 g/mol. The Hall–Kier alpha value is -1.52. The molecule has 1 rings (SSSR count). The van der Waals surface area contributed by atoms with Gasteiger partial charge in [-0.3, -0.25) is 4.79 Å². The minimum absolute atomic E-state index is 0.121. The maximum absolute atomic E-state index is 11.3. The summed E-state index contributed by atoms with van der Waals surface area (Å²) in [5.74, 6) is -1.03. The number of allylic oxidation sites excluding steroid dienone is 1. The van der Waals surface area contributed by atoms with Crippen LogP contribution in [0.5, 0.6) is 0 Å². The highest BCUT2D eigenvalue weighted by Gasteiger charge is 2.17. The maximum Gasteiger partial charge on any atom is 0.325 e. The van der Waals surface area contributed by atoms with Crippen molar-refractivity contribution >= 4 is 12.0 Å². The fourth-order valence-electron chi connectivity index (χ4n) is 1.41. The largest absolute Gasteiger partial charge is 0.480 e. The summed E-state index contributed by atoms with van der Waals surface area (Å²) in [4.78, 5) is 21.8. The lowest BCUT2D eigenvalue weighted by atomic mass is 10.0. The summed E-state index contributed by atoms with van der Waals surface area (Å²) in [6, 6.07) is -1.15. The molecule has 15 heavy (non-hydrogen) atoms. The molecule has 84 valence electrons. The summed E-state index contributed by atoms with van der Waals surface area (Å²) in [7, 11) is 0. The van der Waals surface area contributed by atoms with Crippen molar-refractivity contribution in [1.82, 2.24) is 10.6 Å². The molecular formula is C10H16N2O3. The molecule has 0 heterocycles. The molecule has 0 saturated heterocycles. The number of rotatable bonds is 3. The van der Waals surface area contributed by atoms with Gasteiger partial charge in [-0.25, -0.2) is 4.79 Å². The van der Waals surface area contributed by atoms with Gasteiger partial charge < -0.3 is 15.7 Å². The van der Waals surface area contributed by atoms with Gasteiger partial charge in [0.1, 0.15) is 6.04 Å². The Morgan fingerprint density at radius 2 is 2.20 bits per heavy atom. The van der Waals surface area contributed by atoms with Gasteiger partial charge in [-0.2, -0.15) is 0 Å². The summed E-state index contributed by atoms with van der Waals surface area (Å²) >= 11 is 0. The maximum atomic E-state index is 11.3. The van der Waals surface area contributed by atoms with E-state index in [9.17, 15) is 9.59 Å². The molecule has 0 spiro atoms. The number of amides is 2. The van der Waals surface area contributed by atoms with E-state index in [2.05, 4.69) is 16.7 Å². The second-order valence-electron chi connectivity index (χ2n) is 3.66. The minimum atomic E-state index is -1.03. The zero-order chi connectivity index (χ0) is 11.3. The second-order valence-corrected chi connectivity index (χ2v) is 3.66. The van der Waals surface area contributed by atoms with Crippen LogP contribution in [0.2, 0.25) is 0 Å². The van der Waals surface area contributed by atoms with Crippen LogP contribution in [0.4, 0.5) is 4.79 Å². The van der Waals surface area contributed by atoms with Crippen LogP contribution in [0.25, 0.3) is 0 Å². The number of hydrogen-bond donors (Lipinski definition) is 3. The van der Waals surface area contributed by atoms with Gasteiger partial charge in [-0.15, -0.1) is 0 Å². The van der Waals surface area contributed by atoms with E-state index in [1.807, 2.05) is 6.08 Å². The molecule has 0 saturated carbocycles. The highest BCUT2D eigenvalue weighted by Crippen LogP contribution is 2.09. The third-order valence-electron chi connectivity index (χ3n) is 2.32. The molecule has 0 aromatic carbocycles. The summed E-state index contributed by atoms with van der Waals surface area (Å²) < 4.78 is 0. The van der Waals surface area contributed by atoms with E-state index < -0.39 is 18.0 Å². The first-order valence-electron chi connectivity index (χ1n) is 5.04. The van der Waals surface area contributed by atoms with Crippen molar-refractivity contribution < 1.29 is 14.7 Å². The molecule has 2 unspecified atom stereocenters. The predicted molar refractivity (Wildman–Crippen MR) is 55.5 cm³/mol. The molecular weight excluding hydrogens is 196 g/mol. The lowest BCUT2D eigenvalue weighted by Crippen LogP contribution is -2.47. The molecule has 0 radical (unpaired) electrons. The first-order valence-corrected chi connectivity index (χ1v) is 5.04. The zero-order valence-corrected chi connectivity index (χ0v) is 8.69. The number of carbonyl (C=O) groups is 2. The molecule has 5 nitrogen and oxygen atoms in total. The standard InChI is InChI=1S/C10H16N2O3/c1-7(9(13)14)11-10(15)12-8-5-3-2-4-6-8/h2-3,7-8H,4-6H2,1H3,(H,13,14)(H2,11,12,15). The van der Waals surface area contributed by atoms with Crippen LogP contribution < -0.4 is 10.6 Å². The monoisotopic (exact) mass is 212 g/mol. The number of carboxylic acid groups (broad SMARTS) is 1. The first kappa shape index (κ1) is 11.6. The third kappa shape index (κ3) is 4.01. The van der Waals surface area contributed by atoms with Crippen molar-refractivity contribution in [1.29, 1.82) is 0 Å². The van der Waals surface area contributed by atoms with E-state index in [4.69, 9.17) is 5.11 Å². The van der Waals surface area contributed by atoms with Crippen molar-refractivity contribution in [3.8, 4) is 0 Å². The Labute approximate surface area is 88.5 Å². The molecule has 0 aliphatic heterocycles. The van der Waals surface area contributed by atoms with E-state index in [1.54, 1.807) is 0 Å². The van der Waals surface area contributed by atoms with Gasteiger partial charge in [0.15, 0.2) is 0 Å². The van der Waals surface area contributed by atoms with E-state index in [-0.39, 0.29) is 6.04 Å². The molecule has 5 heteroatoms. The van der Waals surface area contributed by atoms with Crippen LogP contribution in [0.1, 0.15) is 26.2 Å². The highest BCUT2D eigenvalue weighted by molar-refractivity contribution is 5.82. The van der Waals surface area contributed by atoms with Crippen LogP contribution in [0.3, 0.4) is 0 Å². The average Bonchev–Trinajstić information content (AvgIpc) is 2.18. The zero-order valence-electron chi connectivity index (χ0n) is 8.69. The van der Waals surface area contributed by atoms with Gasteiger partial charge in [-0.1, -0.05) is 12.2 Å². The molecule has 0 aromatic heterocycles. The van der Waals surface area contributed by atoms with Crippen LogP contribution in [-0.4, -0.2) is 29.2 Å². The van der Waals surface area contributed by atoms with Gasteiger partial charge in [0.2, 0.25) is 0 Å². The Kier molecular flexibility index (Phi) is 4.15. The van der Waals surface area contributed by atoms with Gasteiger partial charge in [0, 0.05) is 6.04 Å². The van der Waals surface area contributed by atoms with E-state index in [1.165, 1.54) is 6.92 Å². The Morgan fingerprint density at radius 1 is 1.47 bits per heavy atom. The van der Waals surface area contributed by atoms with Gasteiger partial charge >= 0.3 is 12.0 Å². The fourth-order valence-corrected chi connectivity index (χ4v) is 1.41. The van der Waals surface area contributed by atoms with Gasteiger partial charge in [0.05, 0.1) is 0 Å². The minimum Gasteiger partial charge on any atom is -0.480 e. The number of hydrogen-bond acceptors (Lipinski definition) is 2. The van der Waals surface area contributed by atoms with Crippen LogP contribution >= 0.6 is 0 Å². The molecule has 0 bridgehead atoms. The van der Waals surface area contributed by atoms with Crippen molar-refractivity contribution in [3.05, 3.63) is 12.2 Å². The quantitative estimate of drug-likeness (QED) is 0.607. The molecule has 0 aromatic rings. The lowest BCUT2D eigenvalue weighted by Gasteiger charge is -2.20. The van der Waals surface area contributed by atoms with Crippen LogP contribution in [-0.2, 0) is 4.79 Å². The molecule has 3 N–H and O–H groups in total. The topological polar surface area (TPSA) is 78.4 Å². The highest BCUT2D eigenvalue weighted by atomic mass is 16.4. The number of nitrogens with one attached hydrogen (secondary N) is 2. The summed E-state index contributed by atoms with van der Waals surface area (Å²) in [5.41, 5.74) is 0. The molecule has 2 atom stereocenters. The molecule has 2 amide bonds. The smallest absolute Gasteiger partial charge is 0.325 e. The summed E-state index contributed by atoms with van der Waals surface area (Å²) in [5, 5.41) is 13.7. The second kappa shape index (κ2) is 5.38. The Morgan fingerprint density at radius 3 is 2.73 bits per heavy atom. The van der Waals surface area contributed by atoms with Crippen LogP contribution in [0, 0.1) is 0 Å². The Bertz CT molecular complexity index is 276. The third-order valence-corrected chi connectivity index (χ3v) is 2.32. The van der Waals surface area contributed by atoms with Crippen molar-refractivity contribution in [2.45, 2.75) is 38.3 Å². The van der Waals surface area contributed by atoms with Crippen molar-refractivity contribution in [2.24, 2.45) is 0 Å². The summed E-state index contributed by atoms with van der Waals surface area (Å²) in [6.45, 7) is 1.43. The normalized spacial score (nSPS) is 21.8. The van der Waals surface area contributed by atoms with Crippen molar-refractivity contribution in [3.63, 3.8) is 0 Å². The van der Waals surface area contributed by atoms with Gasteiger partial charge in [0.25, 0.3) is 0 Å². The molecule has 1 aliphatic carbocycles. The van der Waals surface area contributed by atoms with Gasteiger partial charge in [-0.05, 0) is 26.2 Å². The molecule has 0 fully saturated rings. The lowest BCUT2D eigenvalue weighted by molar-refractivity contribution is -0.138. The van der Waals surface area contributed by atoms with E-state index >= 15 is 0 Å². The van der Waals surface area contributed by atoms with E-state index in [0.717, 1.165) is 19.3 Å². The number of urea groups is 1.